The maximum Gasteiger partial charge on any atom is 0.105 e. The molecule has 0 aliphatic carbocycles. The summed E-state index contributed by atoms with van der Waals surface area (Å²) in [6, 6.07) is 5.84. The average molecular weight is 315 g/mol. The lowest BCUT2D eigenvalue weighted by Gasteiger charge is -2.09. The summed E-state index contributed by atoms with van der Waals surface area (Å²) in [5.41, 5.74) is 1.02. The number of imidazole rings is 1. The second kappa shape index (κ2) is 5.56. The molecule has 0 unspecified atom stereocenters. The van der Waals surface area contributed by atoms with Crippen molar-refractivity contribution in [2.45, 2.75) is 13.5 Å². The molecule has 0 bridgehead atoms. The highest BCUT2D eigenvalue weighted by Crippen LogP contribution is 2.25. The van der Waals surface area contributed by atoms with Gasteiger partial charge in [-0.2, -0.15) is 0 Å². The Morgan fingerprint density at radius 2 is 2.29 bits per heavy atom. The van der Waals surface area contributed by atoms with E-state index in [1.807, 2.05) is 37.5 Å². The van der Waals surface area contributed by atoms with Gasteiger partial charge in [-0.1, -0.05) is 11.6 Å². The van der Waals surface area contributed by atoms with E-state index >= 15 is 0 Å². The molecule has 0 amide bonds. The summed E-state index contributed by atoms with van der Waals surface area (Å²) in [5.74, 6) is 1.03. The lowest BCUT2D eigenvalue weighted by atomic mass is 10.3. The van der Waals surface area contributed by atoms with Gasteiger partial charge in [-0.3, -0.25) is 0 Å². The largest absolute Gasteiger partial charge is 0.383 e. The number of nitrogens with zero attached hydrogens (tertiary/aromatic N) is 2. The number of anilines is 1. The normalized spacial score (nSPS) is 10.5. The third kappa shape index (κ3) is 3.23. The van der Waals surface area contributed by atoms with Crippen LogP contribution < -0.4 is 5.32 Å². The summed E-state index contributed by atoms with van der Waals surface area (Å²) in [4.78, 5) is 4.18. The fraction of sp³-hybridized carbons (Fsp3) is 0.250. The van der Waals surface area contributed by atoms with Crippen molar-refractivity contribution in [3.05, 3.63) is 45.9 Å². The number of rotatable bonds is 4. The van der Waals surface area contributed by atoms with Crippen molar-refractivity contribution in [3.63, 3.8) is 0 Å². The van der Waals surface area contributed by atoms with Crippen molar-refractivity contribution in [1.29, 1.82) is 0 Å². The van der Waals surface area contributed by atoms with Crippen LogP contribution in [0.5, 0.6) is 0 Å². The van der Waals surface area contributed by atoms with Gasteiger partial charge in [0.05, 0.1) is 5.02 Å². The summed E-state index contributed by atoms with van der Waals surface area (Å²) in [6.07, 6.45) is 3.79. The van der Waals surface area contributed by atoms with Gasteiger partial charge in [-0.25, -0.2) is 4.98 Å². The summed E-state index contributed by atoms with van der Waals surface area (Å²) < 4.78 is 3.02. The van der Waals surface area contributed by atoms with Crippen molar-refractivity contribution in [2.75, 3.05) is 11.9 Å². The summed E-state index contributed by atoms with van der Waals surface area (Å²) >= 11 is 9.38. The molecular weight excluding hydrogens is 302 g/mol. The fourth-order valence-electron chi connectivity index (χ4n) is 1.57. The van der Waals surface area contributed by atoms with Crippen LogP contribution >= 0.6 is 27.5 Å². The Morgan fingerprint density at radius 3 is 2.94 bits per heavy atom. The Kier molecular flexibility index (Phi) is 4.07. The van der Waals surface area contributed by atoms with Gasteiger partial charge >= 0.3 is 0 Å². The lowest BCUT2D eigenvalue weighted by Crippen LogP contribution is -2.10. The van der Waals surface area contributed by atoms with Crippen molar-refractivity contribution >= 4 is 33.2 Å². The molecule has 2 aromatic rings. The molecular formula is C12H13BrClN3. The monoisotopic (exact) mass is 313 g/mol. The van der Waals surface area contributed by atoms with Gasteiger partial charge < -0.3 is 9.88 Å². The number of aromatic nitrogens is 2. The Labute approximate surface area is 114 Å². The molecule has 0 fully saturated rings. The SMILES string of the molecule is Cc1nccn1CCNc1ccc(Br)c(Cl)c1. The van der Waals surface area contributed by atoms with Crippen molar-refractivity contribution < 1.29 is 0 Å². The molecule has 0 aliphatic heterocycles. The third-order valence-corrected chi connectivity index (χ3v) is 3.76. The van der Waals surface area contributed by atoms with Crippen LogP contribution in [0.4, 0.5) is 5.69 Å². The van der Waals surface area contributed by atoms with E-state index in [0.717, 1.165) is 29.1 Å². The minimum atomic E-state index is 0.716. The number of nitrogens with one attached hydrogen (secondary N) is 1. The molecule has 1 aromatic heterocycles. The van der Waals surface area contributed by atoms with Crippen LogP contribution in [-0.4, -0.2) is 16.1 Å². The van der Waals surface area contributed by atoms with Gasteiger partial charge in [0.25, 0.3) is 0 Å². The van der Waals surface area contributed by atoms with Crippen LogP contribution in [0, 0.1) is 6.92 Å². The minimum Gasteiger partial charge on any atom is -0.383 e. The van der Waals surface area contributed by atoms with E-state index in [9.17, 15) is 0 Å². The van der Waals surface area contributed by atoms with E-state index in [1.54, 1.807) is 0 Å². The van der Waals surface area contributed by atoms with E-state index in [0.29, 0.717) is 5.02 Å². The standard InChI is InChI=1S/C12H13BrClN3/c1-9-15-4-6-17(9)7-5-16-10-2-3-11(13)12(14)8-10/h2-4,6,8,16H,5,7H2,1H3. The topological polar surface area (TPSA) is 29.9 Å². The van der Waals surface area contributed by atoms with Gasteiger partial charge in [-0.15, -0.1) is 0 Å². The van der Waals surface area contributed by atoms with Crippen LogP contribution in [0.2, 0.25) is 5.02 Å². The van der Waals surface area contributed by atoms with E-state index in [-0.39, 0.29) is 0 Å². The number of hydrogen-bond acceptors (Lipinski definition) is 2. The third-order valence-electron chi connectivity index (χ3n) is 2.53. The predicted octanol–water partition coefficient (Wildman–Crippen LogP) is 3.72. The molecule has 0 spiro atoms. The molecule has 0 saturated carbocycles. The minimum absolute atomic E-state index is 0.716. The highest BCUT2D eigenvalue weighted by atomic mass is 79.9. The second-order valence-corrected chi connectivity index (χ2v) is 4.99. The van der Waals surface area contributed by atoms with Crippen molar-refractivity contribution in [2.24, 2.45) is 0 Å². The molecule has 1 aromatic carbocycles. The molecule has 1 N–H and O–H groups in total. The smallest absolute Gasteiger partial charge is 0.105 e. The Morgan fingerprint density at radius 1 is 1.47 bits per heavy atom. The van der Waals surface area contributed by atoms with E-state index in [1.165, 1.54) is 0 Å². The highest BCUT2D eigenvalue weighted by molar-refractivity contribution is 9.10. The zero-order valence-corrected chi connectivity index (χ0v) is 11.8. The van der Waals surface area contributed by atoms with E-state index in [4.69, 9.17) is 11.6 Å². The van der Waals surface area contributed by atoms with Crippen LogP contribution in [0.15, 0.2) is 35.1 Å². The molecule has 90 valence electrons. The van der Waals surface area contributed by atoms with Gasteiger partial charge in [0.1, 0.15) is 5.82 Å². The number of aryl methyl sites for hydroxylation is 1. The molecule has 2 rings (SSSR count). The Bertz CT molecular complexity index is 510. The molecule has 0 radical (unpaired) electrons. The van der Waals surface area contributed by atoms with Gasteiger partial charge in [0.15, 0.2) is 0 Å². The predicted molar refractivity (Wildman–Crippen MR) is 74.6 cm³/mol. The molecule has 0 saturated heterocycles. The molecule has 1 heterocycles. The van der Waals surface area contributed by atoms with Crippen LogP contribution in [0.1, 0.15) is 5.82 Å². The van der Waals surface area contributed by atoms with Crippen LogP contribution in [0.3, 0.4) is 0 Å². The average Bonchev–Trinajstić information content (AvgIpc) is 2.70. The van der Waals surface area contributed by atoms with E-state index < -0.39 is 0 Å². The molecule has 5 heteroatoms. The van der Waals surface area contributed by atoms with Gasteiger partial charge in [0.2, 0.25) is 0 Å². The van der Waals surface area contributed by atoms with Crippen LogP contribution in [-0.2, 0) is 6.54 Å². The number of halogens is 2. The van der Waals surface area contributed by atoms with E-state index in [2.05, 4.69) is 30.8 Å². The first-order valence-corrected chi connectivity index (χ1v) is 6.50. The Hall–Kier alpha value is -1.000. The number of benzene rings is 1. The fourth-order valence-corrected chi connectivity index (χ4v) is 1.99. The van der Waals surface area contributed by atoms with Crippen LogP contribution in [0.25, 0.3) is 0 Å². The maximum absolute atomic E-state index is 6.02. The van der Waals surface area contributed by atoms with Gasteiger partial charge in [0, 0.05) is 35.6 Å². The quantitative estimate of drug-likeness (QED) is 0.932. The molecule has 0 aliphatic rings. The molecule has 17 heavy (non-hydrogen) atoms. The maximum atomic E-state index is 6.02. The summed E-state index contributed by atoms with van der Waals surface area (Å²) in [7, 11) is 0. The first kappa shape index (κ1) is 12.5. The highest BCUT2D eigenvalue weighted by Gasteiger charge is 1.99. The first-order chi connectivity index (χ1) is 8.16. The molecule has 3 nitrogen and oxygen atoms in total. The second-order valence-electron chi connectivity index (χ2n) is 3.72. The first-order valence-electron chi connectivity index (χ1n) is 5.33. The lowest BCUT2D eigenvalue weighted by molar-refractivity contribution is 0.701. The number of hydrogen-bond donors (Lipinski definition) is 1. The summed E-state index contributed by atoms with van der Waals surface area (Å²) in [6.45, 7) is 3.73. The zero-order chi connectivity index (χ0) is 12.3. The van der Waals surface area contributed by atoms with Gasteiger partial charge in [-0.05, 0) is 41.1 Å². The summed E-state index contributed by atoms with van der Waals surface area (Å²) in [5, 5.41) is 4.04. The zero-order valence-electron chi connectivity index (χ0n) is 9.45. The van der Waals surface area contributed by atoms with Crippen molar-refractivity contribution in [1.82, 2.24) is 9.55 Å². The molecule has 0 atom stereocenters. The van der Waals surface area contributed by atoms with Crippen molar-refractivity contribution in [3.8, 4) is 0 Å². The Balaban J connectivity index is 1.90.